The maximum absolute atomic E-state index is 11.7. The average molecular weight is 316 g/mol. The van der Waals surface area contributed by atoms with Crippen LogP contribution in [0.25, 0.3) is 0 Å². The van der Waals surface area contributed by atoms with Crippen LogP contribution in [0, 0.1) is 0 Å². The molecule has 8 nitrogen and oxygen atoms in total. The summed E-state index contributed by atoms with van der Waals surface area (Å²) in [6, 6.07) is 3.14. The number of piperazine rings is 1. The summed E-state index contributed by atoms with van der Waals surface area (Å²) >= 11 is 0. The van der Waals surface area contributed by atoms with E-state index >= 15 is 0 Å². The zero-order valence-corrected chi connectivity index (χ0v) is 13.0. The Labute approximate surface area is 134 Å². The summed E-state index contributed by atoms with van der Waals surface area (Å²) in [5.74, 6) is -0.255. The zero-order valence-electron chi connectivity index (χ0n) is 13.0. The molecular formula is C15H20N6O2. The van der Waals surface area contributed by atoms with Gasteiger partial charge in [-0.25, -0.2) is 9.97 Å². The summed E-state index contributed by atoms with van der Waals surface area (Å²) in [7, 11) is 0. The standard InChI is InChI=1S/C15H20N6O2/c1-2-11-8-12(19-18-11)9-20-6-7-21(10-13(20)14(22)23)15-16-4-3-5-17-15/h3-5,8,13H,2,6-7,9-10H2,1H3,(H,18,19)(H,22,23)/t13-/m1/s1. The maximum Gasteiger partial charge on any atom is 0.322 e. The highest BCUT2D eigenvalue weighted by Crippen LogP contribution is 2.17. The molecule has 3 rings (SSSR count). The van der Waals surface area contributed by atoms with E-state index in [9.17, 15) is 9.90 Å². The van der Waals surface area contributed by atoms with Gasteiger partial charge in [-0.3, -0.25) is 14.8 Å². The van der Waals surface area contributed by atoms with Crippen molar-refractivity contribution in [3.8, 4) is 0 Å². The van der Waals surface area contributed by atoms with Crippen molar-refractivity contribution in [1.82, 2.24) is 25.1 Å². The van der Waals surface area contributed by atoms with Gasteiger partial charge in [-0.2, -0.15) is 5.10 Å². The van der Waals surface area contributed by atoms with Crippen LogP contribution in [0.2, 0.25) is 0 Å². The number of carbonyl (C=O) groups is 1. The summed E-state index contributed by atoms with van der Waals surface area (Å²) in [6.07, 6.45) is 4.20. The van der Waals surface area contributed by atoms with E-state index < -0.39 is 12.0 Å². The highest BCUT2D eigenvalue weighted by atomic mass is 16.4. The van der Waals surface area contributed by atoms with Gasteiger partial charge in [-0.15, -0.1) is 0 Å². The molecule has 2 aromatic heterocycles. The Kier molecular flexibility index (Phi) is 4.52. The number of hydrogen-bond acceptors (Lipinski definition) is 6. The Balaban J connectivity index is 1.71. The van der Waals surface area contributed by atoms with Crippen molar-refractivity contribution >= 4 is 11.9 Å². The highest BCUT2D eigenvalue weighted by molar-refractivity contribution is 5.74. The topological polar surface area (TPSA) is 98.2 Å². The molecule has 0 saturated carbocycles. The van der Waals surface area contributed by atoms with E-state index in [-0.39, 0.29) is 0 Å². The van der Waals surface area contributed by atoms with Crippen LogP contribution in [0.1, 0.15) is 18.3 Å². The molecule has 0 unspecified atom stereocenters. The molecule has 1 aliphatic rings. The van der Waals surface area contributed by atoms with E-state index in [1.54, 1.807) is 18.5 Å². The van der Waals surface area contributed by atoms with E-state index in [1.165, 1.54) is 0 Å². The van der Waals surface area contributed by atoms with Crippen molar-refractivity contribution in [3.63, 3.8) is 0 Å². The van der Waals surface area contributed by atoms with Crippen LogP contribution in [-0.4, -0.2) is 61.8 Å². The monoisotopic (exact) mass is 316 g/mol. The van der Waals surface area contributed by atoms with Crippen LogP contribution in [-0.2, 0) is 17.8 Å². The average Bonchev–Trinajstić information content (AvgIpc) is 3.03. The number of anilines is 1. The number of H-pyrrole nitrogens is 1. The Morgan fingerprint density at radius 2 is 2.17 bits per heavy atom. The number of carboxylic acid groups (broad SMARTS) is 1. The van der Waals surface area contributed by atoms with Gasteiger partial charge < -0.3 is 10.0 Å². The lowest BCUT2D eigenvalue weighted by Gasteiger charge is -2.38. The maximum atomic E-state index is 11.7. The fraction of sp³-hybridized carbons (Fsp3) is 0.467. The summed E-state index contributed by atoms with van der Waals surface area (Å²) in [5, 5.41) is 16.8. The smallest absolute Gasteiger partial charge is 0.322 e. The lowest BCUT2D eigenvalue weighted by molar-refractivity contribution is -0.143. The summed E-state index contributed by atoms with van der Waals surface area (Å²) in [4.78, 5) is 23.9. The van der Waals surface area contributed by atoms with Crippen LogP contribution < -0.4 is 4.90 Å². The SMILES string of the molecule is CCc1cc(CN2CCN(c3ncccn3)C[C@@H]2C(=O)O)[nH]n1. The van der Waals surface area contributed by atoms with Gasteiger partial charge >= 0.3 is 5.97 Å². The van der Waals surface area contributed by atoms with Crippen LogP contribution in [0.3, 0.4) is 0 Å². The summed E-state index contributed by atoms with van der Waals surface area (Å²) in [6.45, 7) is 4.29. The van der Waals surface area contributed by atoms with E-state index in [0.717, 1.165) is 17.8 Å². The number of rotatable bonds is 5. The molecule has 3 heterocycles. The van der Waals surface area contributed by atoms with Gasteiger partial charge in [-0.1, -0.05) is 6.92 Å². The van der Waals surface area contributed by atoms with Crippen molar-refractivity contribution < 1.29 is 9.90 Å². The molecule has 1 saturated heterocycles. The minimum Gasteiger partial charge on any atom is -0.480 e. The Hall–Kier alpha value is -2.48. The van der Waals surface area contributed by atoms with Crippen molar-refractivity contribution in [2.24, 2.45) is 0 Å². The molecule has 1 atom stereocenters. The second-order valence-electron chi connectivity index (χ2n) is 5.56. The Morgan fingerprint density at radius 3 is 2.83 bits per heavy atom. The van der Waals surface area contributed by atoms with Gasteiger partial charge in [0, 0.05) is 44.3 Å². The second kappa shape index (κ2) is 6.74. The second-order valence-corrected chi connectivity index (χ2v) is 5.56. The van der Waals surface area contributed by atoms with Crippen molar-refractivity contribution in [2.75, 3.05) is 24.5 Å². The molecule has 8 heteroatoms. The lowest BCUT2D eigenvalue weighted by atomic mass is 10.1. The number of aromatic amines is 1. The number of nitrogens with zero attached hydrogens (tertiary/aromatic N) is 5. The number of carboxylic acids is 1. The molecule has 0 amide bonds. The van der Waals surface area contributed by atoms with E-state index in [1.807, 2.05) is 22.8 Å². The molecule has 1 fully saturated rings. The van der Waals surface area contributed by atoms with Crippen molar-refractivity contribution in [1.29, 1.82) is 0 Å². The third kappa shape index (κ3) is 3.48. The first-order valence-electron chi connectivity index (χ1n) is 7.69. The first kappa shape index (κ1) is 15.4. The predicted molar refractivity (Wildman–Crippen MR) is 84.0 cm³/mol. The van der Waals surface area contributed by atoms with Crippen LogP contribution in [0.4, 0.5) is 5.95 Å². The molecule has 0 aliphatic carbocycles. The third-order valence-corrected chi connectivity index (χ3v) is 4.03. The van der Waals surface area contributed by atoms with Gasteiger partial charge in [0.25, 0.3) is 0 Å². The molecule has 0 aromatic carbocycles. The van der Waals surface area contributed by atoms with Gasteiger partial charge in [0.2, 0.25) is 5.95 Å². The van der Waals surface area contributed by atoms with Gasteiger partial charge in [0.05, 0.1) is 5.69 Å². The Morgan fingerprint density at radius 1 is 1.39 bits per heavy atom. The van der Waals surface area contributed by atoms with Crippen LogP contribution in [0.5, 0.6) is 0 Å². The third-order valence-electron chi connectivity index (χ3n) is 4.03. The molecular weight excluding hydrogens is 296 g/mol. The fourth-order valence-electron chi connectivity index (χ4n) is 2.77. The molecule has 122 valence electrons. The summed E-state index contributed by atoms with van der Waals surface area (Å²) < 4.78 is 0. The van der Waals surface area contributed by atoms with Gasteiger partial charge in [0.15, 0.2) is 0 Å². The zero-order chi connectivity index (χ0) is 16.2. The molecule has 0 bridgehead atoms. The minimum atomic E-state index is -0.833. The quantitative estimate of drug-likeness (QED) is 0.830. The molecule has 0 radical (unpaired) electrons. The van der Waals surface area contributed by atoms with E-state index in [4.69, 9.17) is 0 Å². The summed E-state index contributed by atoms with van der Waals surface area (Å²) in [5.41, 5.74) is 1.93. The molecule has 23 heavy (non-hydrogen) atoms. The number of aryl methyl sites for hydroxylation is 1. The number of nitrogens with one attached hydrogen (secondary N) is 1. The first-order valence-corrected chi connectivity index (χ1v) is 7.69. The molecule has 2 aromatic rings. The van der Waals surface area contributed by atoms with Crippen LogP contribution in [0.15, 0.2) is 24.5 Å². The number of aliphatic carboxylic acids is 1. The van der Waals surface area contributed by atoms with Crippen molar-refractivity contribution in [2.45, 2.75) is 25.9 Å². The fourth-order valence-corrected chi connectivity index (χ4v) is 2.77. The van der Waals surface area contributed by atoms with Crippen LogP contribution >= 0.6 is 0 Å². The van der Waals surface area contributed by atoms with Crippen molar-refractivity contribution in [3.05, 3.63) is 35.9 Å². The highest BCUT2D eigenvalue weighted by Gasteiger charge is 2.33. The largest absolute Gasteiger partial charge is 0.480 e. The normalized spacial score (nSPS) is 19.0. The lowest BCUT2D eigenvalue weighted by Crippen LogP contribution is -2.56. The minimum absolute atomic E-state index is 0.369. The predicted octanol–water partition coefficient (Wildman–Crippen LogP) is 0.537. The van der Waals surface area contributed by atoms with Gasteiger partial charge in [-0.05, 0) is 18.6 Å². The first-order chi connectivity index (χ1) is 11.2. The van der Waals surface area contributed by atoms with E-state index in [2.05, 4.69) is 20.2 Å². The van der Waals surface area contributed by atoms with Gasteiger partial charge in [0.1, 0.15) is 6.04 Å². The van der Waals surface area contributed by atoms with E-state index in [0.29, 0.717) is 32.1 Å². The molecule has 1 aliphatic heterocycles. The number of aromatic nitrogens is 4. The number of hydrogen-bond donors (Lipinski definition) is 2. The molecule has 2 N–H and O–H groups in total. The Bertz CT molecular complexity index is 659. The molecule has 0 spiro atoms.